The van der Waals surface area contributed by atoms with Crippen LogP contribution in [0.3, 0.4) is 0 Å². The summed E-state index contributed by atoms with van der Waals surface area (Å²) in [4.78, 5) is 28.4. The van der Waals surface area contributed by atoms with Crippen molar-refractivity contribution in [3.05, 3.63) is 33.0 Å². The number of carboxylic acid groups (broad SMARTS) is 1. The monoisotopic (exact) mass is 338 g/mol. The minimum absolute atomic E-state index is 0.0434. The van der Waals surface area contributed by atoms with Crippen molar-refractivity contribution >= 4 is 39.7 Å². The van der Waals surface area contributed by atoms with E-state index in [1.165, 1.54) is 23.1 Å². The molecule has 118 valence electrons. The van der Waals surface area contributed by atoms with Crippen molar-refractivity contribution in [1.29, 1.82) is 0 Å². The van der Waals surface area contributed by atoms with Crippen LogP contribution in [0, 0.1) is 0 Å². The normalized spacial score (nSPS) is 12.1. The maximum Gasteiger partial charge on any atom is 0.303 e. The molecule has 7 heteroatoms. The Morgan fingerprint density at radius 3 is 2.82 bits per heavy atom. The number of thiazole rings is 1. The Labute approximate surface area is 137 Å². The Bertz CT molecular complexity index is 663. The van der Waals surface area contributed by atoms with Gasteiger partial charge in [-0.1, -0.05) is 6.92 Å². The van der Waals surface area contributed by atoms with Crippen LogP contribution in [0.4, 0.5) is 5.13 Å². The molecule has 0 aliphatic carbocycles. The number of carbonyl (C=O) groups excluding carboxylic acids is 1. The number of nitrogens with zero attached hydrogens (tertiary/aromatic N) is 1. The molecule has 0 aromatic carbocycles. The number of carboxylic acids is 1. The highest BCUT2D eigenvalue weighted by Gasteiger charge is 2.13. The summed E-state index contributed by atoms with van der Waals surface area (Å²) in [6.45, 7) is 3.40. The molecule has 0 bridgehead atoms. The average Bonchev–Trinajstić information content (AvgIpc) is 3.03. The Morgan fingerprint density at radius 2 is 2.14 bits per heavy atom. The molecule has 0 aliphatic rings. The largest absolute Gasteiger partial charge is 0.481 e. The predicted octanol–water partition coefficient (Wildman–Crippen LogP) is 3.53. The molecule has 2 aromatic rings. The molecular weight excluding hydrogens is 320 g/mol. The summed E-state index contributed by atoms with van der Waals surface area (Å²) < 4.78 is 0. The molecule has 2 aromatic heterocycles. The molecule has 0 aliphatic heterocycles. The number of hydrogen-bond donors (Lipinski definition) is 2. The van der Waals surface area contributed by atoms with Gasteiger partial charge in [0.2, 0.25) is 5.91 Å². The fourth-order valence-electron chi connectivity index (χ4n) is 2.04. The van der Waals surface area contributed by atoms with Gasteiger partial charge >= 0.3 is 5.97 Å². The minimum atomic E-state index is -0.768. The van der Waals surface area contributed by atoms with E-state index in [1.54, 1.807) is 11.3 Å². The van der Waals surface area contributed by atoms with E-state index in [4.69, 9.17) is 5.11 Å². The maximum absolute atomic E-state index is 11.0. The van der Waals surface area contributed by atoms with Gasteiger partial charge in [-0.3, -0.25) is 9.59 Å². The fraction of sp³-hybridized carbons (Fsp3) is 0.400. The molecule has 0 saturated heterocycles. The number of aliphatic carboxylic acids is 1. The number of nitrogens with one attached hydrogen (secondary N) is 1. The van der Waals surface area contributed by atoms with Crippen LogP contribution in [0.1, 0.15) is 41.6 Å². The van der Waals surface area contributed by atoms with Gasteiger partial charge in [-0.25, -0.2) is 4.98 Å². The van der Waals surface area contributed by atoms with Crippen molar-refractivity contribution in [1.82, 2.24) is 4.98 Å². The van der Waals surface area contributed by atoms with Crippen molar-refractivity contribution in [2.45, 2.75) is 39.0 Å². The van der Waals surface area contributed by atoms with E-state index in [9.17, 15) is 9.59 Å². The van der Waals surface area contributed by atoms with E-state index < -0.39 is 5.97 Å². The number of amides is 1. The third kappa shape index (κ3) is 4.92. The second-order valence-electron chi connectivity index (χ2n) is 5.13. The van der Waals surface area contributed by atoms with Gasteiger partial charge in [-0.05, 0) is 25.0 Å². The Hall–Kier alpha value is -1.73. The molecule has 0 fully saturated rings. The lowest BCUT2D eigenvalue weighted by atomic mass is 10.1. The number of carbonyl (C=O) groups is 2. The van der Waals surface area contributed by atoms with Gasteiger partial charge in [-0.2, -0.15) is 0 Å². The van der Waals surface area contributed by atoms with Crippen LogP contribution in [0.2, 0.25) is 0 Å². The molecule has 2 heterocycles. The van der Waals surface area contributed by atoms with Crippen molar-refractivity contribution in [2.24, 2.45) is 0 Å². The van der Waals surface area contributed by atoms with Gasteiger partial charge in [0.25, 0.3) is 0 Å². The van der Waals surface area contributed by atoms with E-state index in [-0.39, 0.29) is 18.2 Å². The minimum Gasteiger partial charge on any atom is -0.481 e. The first-order valence-corrected chi connectivity index (χ1v) is 8.66. The summed E-state index contributed by atoms with van der Waals surface area (Å²) in [5.41, 5.74) is 0.960. The summed E-state index contributed by atoms with van der Waals surface area (Å²) in [6, 6.07) is 4.07. The number of anilines is 1. The van der Waals surface area contributed by atoms with E-state index in [1.807, 2.05) is 18.4 Å². The molecule has 0 spiro atoms. The van der Waals surface area contributed by atoms with E-state index in [0.717, 1.165) is 23.4 Å². The molecular formula is C15H18N2O3S2. The zero-order valence-corrected chi connectivity index (χ0v) is 14.1. The van der Waals surface area contributed by atoms with Crippen LogP contribution in [0.15, 0.2) is 17.5 Å². The third-order valence-electron chi connectivity index (χ3n) is 3.11. The lowest BCUT2D eigenvalue weighted by Crippen LogP contribution is -2.05. The highest BCUT2D eigenvalue weighted by Crippen LogP contribution is 2.28. The van der Waals surface area contributed by atoms with Gasteiger partial charge in [0.15, 0.2) is 5.13 Å². The molecule has 1 unspecified atom stereocenters. The van der Waals surface area contributed by atoms with Gasteiger partial charge in [-0.15, -0.1) is 22.7 Å². The van der Waals surface area contributed by atoms with Gasteiger partial charge in [0, 0.05) is 28.0 Å². The Kier molecular flexibility index (Phi) is 5.68. The Balaban J connectivity index is 1.89. The van der Waals surface area contributed by atoms with Crippen LogP contribution in [-0.4, -0.2) is 22.0 Å². The zero-order chi connectivity index (χ0) is 16.1. The summed E-state index contributed by atoms with van der Waals surface area (Å²) in [5.74, 6) is -0.839. The summed E-state index contributed by atoms with van der Waals surface area (Å²) in [6.07, 6.45) is 1.84. The standard InChI is InChI=1S/C15H18N2O3S2/c1-9(7-14(19)20)13-6-5-12(22-13)4-3-11-8-21-15(17-11)16-10(2)18/h5-6,8-9H,3-4,7H2,1-2H3,(H,19,20)(H,16,17,18). The average molecular weight is 338 g/mol. The fourth-order valence-corrected chi connectivity index (χ4v) is 3.89. The second kappa shape index (κ2) is 7.51. The highest BCUT2D eigenvalue weighted by atomic mass is 32.1. The topological polar surface area (TPSA) is 79.3 Å². The smallest absolute Gasteiger partial charge is 0.303 e. The van der Waals surface area contributed by atoms with Crippen LogP contribution in [0.25, 0.3) is 0 Å². The molecule has 22 heavy (non-hydrogen) atoms. The third-order valence-corrected chi connectivity index (χ3v) is 5.29. The van der Waals surface area contributed by atoms with Gasteiger partial charge in [0.1, 0.15) is 0 Å². The quantitative estimate of drug-likeness (QED) is 0.809. The number of hydrogen-bond acceptors (Lipinski definition) is 5. The van der Waals surface area contributed by atoms with Crippen LogP contribution in [-0.2, 0) is 22.4 Å². The maximum atomic E-state index is 11.0. The number of rotatable bonds is 7. The molecule has 1 atom stereocenters. The van der Waals surface area contributed by atoms with E-state index in [0.29, 0.717) is 5.13 Å². The molecule has 0 radical (unpaired) electrons. The van der Waals surface area contributed by atoms with E-state index in [2.05, 4.69) is 16.4 Å². The van der Waals surface area contributed by atoms with Crippen molar-refractivity contribution in [3.8, 4) is 0 Å². The SMILES string of the molecule is CC(=O)Nc1nc(CCc2ccc(C(C)CC(=O)O)s2)cs1. The van der Waals surface area contributed by atoms with Crippen LogP contribution in [0.5, 0.6) is 0 Å². The summed E-state index contributed by atoms with van der Waals surface area (Å²) in [5, 5.41) is 14.1. The molecule has 2 rings (SSSR count). The number of thiophene rings is 1. The first-order chi connectivity index (χ1) is 10.4. The summed E-state index contributed by atoms with van der Waals surface area (Å²) >= 11 is 3.09. The summed E-state index contributed by atoms with van der Waals surface area (Å²) in [7, 11) is 0. The highest BCUT2D eigenvalue weighted by molar-refractivity contribution is 7.14. The van der Waals surface area contributed by atoms with Gasteiger partial charge < -0.3 is 10.4 Å². The number of aryl methyl sites for hydroxylation is 2. The van der Waals surface area contributed by atoms with Gasteiger partial charge in [0.05, 0.1) is 12.1 Å². The second-order valence-corrected chi connectivity index (χ2v) is 7.19. The molecule has 0 saturated carbocycles. The lowest BCUT2D eigenvalue weighted by molar-refractivity contribution is -0.137. The number of aromatic nitrogens is 1. The first kappa shape index (κ1) is 16.6. The molecule has 1 amide bonds. The zero-order valence-electron chi connectivity index (χ0n) is 12.5. The Morgan fingerprint density at radius 1 is 1.36 bits per heavy atom. The van der Waals surface area contributed by atoms with Crippen molar-refractivity contribution in [2.75, 3.05) is 5.32 Å². The van der Waals surface area contributed by atoms with E-state index >= 15 is 0 Å². The molecule has 2 N–H and O–H groups in total. The first-order valence-electron chi connectivity index (χ1n) is 6.96. The van der Waals surface area contributed by atoms with Crippen molar-refractivity contribution in [3.63, 3.8) is 0 Å². The predicted molar refractivity (Wildman–Crippen MR) is 88.8 cm³/mol. The lowest BCUT2D eigenvalue weighted by Gasteiger charge is -2.04. The molecule has 5 nitrogen and oxygen atoms in total. The van der Waals surface area contributed by atoms with Crippen LogP contribution < -0.4 is 5.32 Å². The van der Waals surface area contributed by atoms with Crippen LogP contribution >= 0.6 is 22.7 Å². The van der Waals surface area contributed by atoms with Crippen molar-refractivity contribution < 1.29 is 14.7 Å².